The summed E-state index contributed by atoms with van der Waals surface area (Å²) in [6.45, 7) is 2.00. The Morgan fingerprint density at radius 3 is 1.11 bits per heavy atom. The minimum absolute atomic E-state index is 0. The number of benzene rings is 2. The molecule has 7 heteroatoms. The zero-order valence-electron chi connectivity index (χ0n) is 9.78. The van der Waals surface area contributed by atoms with Crippen LogP contribution in [0, 0.1) is 0 Å². The molecule has 0 heterocycles. The minimum Gasteiger partial charge on any atom is -0.759 e. The molecule has 0 aliphatic carbocycles. The summed E-state index contributed by atoms with van der Waals surface area (Å²) < 4.78 is 34.1. The molecule has 0 saturated heterocycles. The monoisotopic (exact) mass is 277 g/mol. The van der Waals surface area contributed by atoms with Crippen LogP contribution in [-0.2, 0) is 15.2 Å². The van der Waals surface area contributed by atoms with E-state index in [-0.39, 0.29) is 29.6 Å². The fourth-order valence-electron chi connectivity index (χ4n) is 1.13. The van der Waals surface area contributed by atoms with Gasteiger partial charge in [0.05, 0.1) is 0 Å². The van der Waals surface area contributed by atoms with Crippen molar-refractivity contribution in [2.75, 3.05) is 0 Å². The topological polar surface area (TPSA) is 97.3 Å². The van der Waals surface area contributed by atoms with E-state index in [1.165, 1.54) is 10.8 Å². The Labute approximate surface area is 128 Å². The van der Waals surface area contributed by atoms with Crippen molar-refractivity contribution in [3.63, 3.8) is 0 Å². The van der Waals surface area contributed by atoms with E-state index < -0.39 is 10.4 Å². The molecular formula is C11H10NaO5S-. The van der Waals surface area contributed by atoms with Crippen LogP contribution < -0.4 is 29.6 Å². The van der Waals surface area contributed by atoms with Crippen LogP contribution in [0.2, 0.25) is 0 Å². The quantitative estimate of drug-likeness (QED) is 0.325. The number of carbonyl (C=O) groups excluding carboxylic acids is 1. The number of carbonyl (C=O) groups is 1. The molecule has 5 nitrogen and oxygen atoms in total. The maximum atomic E-state index is 8.52. The third kappa shape index (κ3) is 10.4. The molecule has 0 saturated carbocycles. The summed E-state index contributed by atoms with van der Waals surface area (Å²) in [6.07, 6.45) is 0. The Balaban J connectivity index is 0. The average Bonchev–Trinajstić information content (AvgIpc) is 2.30. The second kappa shape index (κ2) is 10.2. The van der Waals surface area contributed by atoms with Gasteiger partial charge in [0.15, 0.2) is 0 Å². The van der Waals surface area contributed by atoms with Gasteiger partial charge in [-0.3, -0.25) is 8.42 Å². The number of rotatable bonds is 0. The van der Waals surface area contributed by atoms with Gasteiger partial charge in [0, 0.05) is 10.4 Å². The third-order valence-corrected chi connectivity index (χ3v) is 1.66. The molecule has 2 rings (SSSR count). The van der Waals surface area contributed by atoms with E-state index in [1.807, 2.05) is 6.79 Å². The standard InChI is InChI=1S/C10H8.CH2O.Na.H2O4S/c1-2-6-10-8-4-3-7-9(10)5-1;1-2;;1-5(2,3)4/h1-8H;1H2;;(H2,1,2,3,4)/q;;+1;/p-2. The summed E-state index contributed by atoms with van der Waals surface area (Å²) in [6, 6.07) is 16.7. The Bertz CT molecular complexity index is 483. The molecule has 0 aliphatic rings. The largest absolute Gasteiger partial charge is 1.00 e. The molecule has 0 amide bonds. The normalized spacial score (nSPS) is 9.00. The van der Waals surface area contributed by atoms with Crippen molar-refractivity contribution in [2.24, 2.45) is 0 Å². The van der Waals surface area contributed by atoms with Crippen molar-refractivity contribution in [2.45, 2.75) is 0 Å². The van der Waals surface area contributed by atoms with Gasteiger partial charge in [-0.1, -0.05) is 48.5 Å². The van der Waals surface area contributed by atoms with Crippen LogP contribution in [0.1, 0.15) is 0 Å². The van der Waals surface area contributed by atoms with E-state index in [0.29, 0.717) is 0 Å². The van der Waals surface area contributed by atoms with Crippen LogP contribution >= 0.6 is 0 Å². The van der Waals surface area contributed by atoms with Gasteiger partial charge >= 0.3 is 29.6 Å². The third-order valence-electron chi connectivity index (χ3n) is 1.66. The van der Waals surface area contributed by atoms with Gasteiger partial charge in [-0.15, -0.1) is 0 Å². The van der Waals surface area contributed by atoms with E-state index in [4.69, 9.17) is 22.3 Å². The van der Waals surface area contributed by atoms with E-state index in [1.54, 1.807) is 0 Å². The Morgan fingerprint density at radius 1 is 0.778 bits per heavy atom. The minimum atomic E-state index is -5.17. The summed E-state index contributed by atoms with van der Waals surface area (Å²) in [7, 11) is -5.17. The predicted molar refractivity (Wildman–Crippen MR) is 61.5 cm³/mol. The molecule has 0 atom stereocenters. The molecule has 0 fully saturated rings. The van der Waals surface area contributed by atoms with Crippen LogP contribution in [0.15, 0.2) is 48.5 Å². The van der Waals surface area contributed by atoms with Gasteiger partial charge in [0.1, 0.15) is 6.79 Å². The molecule has 18 heavy (non-hydrogen) atoms. The molecule has 2 aromatic carbocycles. The van der Waals surface area contributed by atoms with Crippen LogP contribution in [0.4, 0.5) is 0 Å². The summed E-state index contributed by atoms with van der Waals surface area (Å²) in [5.41, 5.74) is 0. The Hall–Kier alpha value is -0.760. The first-order chi connectivity index (χ1) is 7.97. The fraction of sp³-hybridized carbons (Fsp3) is 0. The fourth-order valence-corrected chi connectivity index (χ4v) is 1.13. The average molecular weight is 277 g/mol. The molecule has 0 N–H and O–H groups in total. The molecular weight excluding hydrogens is 267 g/mol. The number of hydrogen-bond acceptors (Lipinski definition) is 5. The van der Waals surface area contributed by atoms with Crippen molar-refractivity contribution < 1.29 is 51.9 Å². The molecule has 92 valence electrons. The van der Waals surface area contributed by atoms with E-state index in [0.717, 1.165) is 0 Å². The van der Waals surface area contributed by atoms with Gasteiger partial charge in [0.25, 0.3) is 0 Å². The summed E-state index contributed by atoms with van der Waals surface area (Å²) >= 11 is 0. The maximum absolute atomic E-state index is 8.52. The smallest absolute Gasteiger partial charge is 0.759 e. The number of hydrogen-bond donors (Lipinski definition) is 0. The Kier molecular flexibility index (Phi) is 11.1. The molecule has 0 aromatic heterocycles. The first kappa shape index (κ1) is 19.6. The molecule has 0 aliphatic heterocycles. The van der Waals surface area contributed by atoms with Gasteiger partial charge in [0.2, 0.25) is 0 Å². The first-order valence-corrected chi connectivity index (χ1v) is 5.69. The van der Waals surface area contributed by atoms with Crippen molar-refractivity contribution in [1.29, 1.82) is 0 Å². The van der Waals surface area contributed by atoms with E-state index >= 15 is 0 Å². The zero-order chi connectivity index (χ0) is 13.3. The predicted octanol–water partition coefficient (Wildman–Crippen LogP) is -1.68. The van der Waals surface area contributed by atoms with Crippen LogP contribution in [-0.4, -0.2) is 24.3 Å². The van der Waals surface area contributed by atoms with Gasteiger partial charge in [-0.25, -0.2) is 0 Å². The van der Waals surface area contributed by atoms with E-state index in [2.05, 4.69) is 48.5 Å². The van der Waals surface area contributed by atoms with Crippen LogP contribution in [0.25, 0.3) is 10.8 Å². The van der Waals surface area contributed by atoms with Crippen LogP contribution in [0.3, 0.4) is 0 Å². The second-order valence-electron chi connectivity index (χ2n) is 2.76. The second-order valence-corrected chi connectivity index (χ2v) is 3.57. The summed E-state index contributed by atoms with van der Waals surface area (Å²) in [5.74, 6) is 0. The van der Waals surface area contributed by atoms with Gasteiger partial charge < -0.3 is 13.9 Å². The number of fused-ring (bicyclic) bond motifs is 1. The molecule has 0 radical (unpaired) electrons. The maximum Gasteiger partial charge on any atom is 1.00 e. The van der Waals surface area contributed by atoms with E-state index in [9.17, 15) is 0 Å². The first-order valence-electron chi connectivity index (χ1n) is 4.36. The SMILES string of the molecule is C=O.O=S(=O)([O-])[O-].[Na+].c1ccc2ccccc2c1. The van der Waals surface area contributed by atoms with Crippen molar-refractivity contribution >= 4 is 28.0 Å². The van der Waals surface area contributed by atoms with Gasteiger partial charge in [-0.2, -0.15) is 0 Å². The summed E-state index contributed by atoms with van der Waals surface area (Å²) in [4.78, 5) is 8.00. The molecule has 0 spiro atoms. The van der Waals surface area contributed by atoms with Crippen molar-refractivity contribution in [1.82, 2.24) is 0 Å². The molecule has 0 unspecified atom stereocenters. The molecule has 0 bridgehead atoms. The van der Waals surface area contributed by atoms with Gasteiger partial charge in [-0.05, 0) is 10.8 Å². The summed E-state index contributed by atoms with van der Waals surface area (Å²) in [5, 5.41) is 2.62. The molecule has 2 aromatic rings. The van der Waals surface area contributed by atoms with Crippen LogP contribution in [0.5, 0.6) is 0 Å². The Morgan fingerprint density at radius 2 is 0.944 bits per heavy atom. The zero-order valence-corrected chi connectivity index (χ0v) is 12.6. The van der Waals surface area contributed by atoms with Crippen molar-refractivity contribution in [3.05, 3.63) is 48.5 Å². The van der Waals surface area contributed by atoms with Crippen molar-refractivity contribution in [3.8, 4) is 0 Å².